The number of esters is 1. The van der Waals surface area contributed by atoms with Crippen LogP contribution in [0.3, 0.4) is 0 Å². The molecule has 0 aliphatic rings. The van der Waals surface area contributed by atoms with Gasteiger partial charge in [-0.2, -0.15) is 0 Å². The number of aliphatic hydroxyl groups excluding tert-OH is 2. The monoisotopic (exact) mass is 1110 g/mol. The molecule has 0 aromatic rings. The average Bonchev–Trinajstić information content (AvgIpc) is 3.45. The highest BCUT2D eigenvalue weighted by Gasteiger charge is 2.18. The molecule has 0 saturated heterocycles. The molecule has 0 bridgehead atoms. The van der Waals surface area contributed by atoms with Crippen LogP contribution >= 0.6 is 0 Å². The molecule has 0 saturated carbocycles. The van der Waals surface area contributed by atoms with Crippen LogP contribution in [0, 0.1) is 0 Å². The molecule has 1 amide bonds. The van der Waals surface area contributed by atoms with Crippen LogP contribution in [0.15, 0.2) is 24.3 Å². The van der Waals surface area contributed by atoms with Crippen LogP contribution in [0.2, 0.25) is 0 Å². The molecule has 6 heteroatoms. The molecule has 0 aromatic carbocycles. The highest BCUT2D eigenvalue weighted by Crippen LogP contribution is 2.19. The molecule has 0 spiro atoms. The predicted molar refractivity (Wildman–Crippen MR) is 347 cm³/mol. The molecule has 2 atom stereocenters. The Labute approximate surface area is 494 Å². The first-order valence-electron chi connectivity index (χ1n) is 36.1. The molecule has 2 unspecified atom stereocenters. The van der Waals surface area contributed by atoms with Crippen LogP contribution in [-0.4, -0.2) is 47.4 Å². The first-order valence-corrected chi connectivity index (χ1v) is 36.1. The summed E-state index contributed by atoms with van der Waals surface area (Å²) in [4.78, 5) is 24.5. The van der Waals surface area contributed by atoms with E-state index in [4.69, 9.17) is 4.74 Å². The number of hydrogen-bond acceptors (Lipinski definition) is 5. The Kier molecular flexibility index (Phi) is 67.4. The van der Waals surface area contributed by atoms with Gasteiger partial charge < -0.3 is 20.3 Å². The van der Waals surface area contributed by atoms with E-state index in [1.165, 1.54) is 334 Å². The largest absolute Gasteiger partial charge is 0.466 e. The third kappa shape index (κ3) is 65.4. The minimum absolute atomic E-state index is 0.0127. The summed E-state index contributed by atoms with van der Waals surface area (Å²) in [6, 6.07) is -0.624. The van der Waals surface area contributed by atoms with Crippen molar-refractivity contribution in [3.8, 4) is 0 Å². The van der Waals surface area contributed by atoms with Gasteiger partial charge in [-0.3, -0.25) is 9.59 Å². The summed E-state index contributed by atoms with van der Waals surface area (Å²) < 4.78 is 5.48. The minimum Gasteiger partial charge on any atom is -0.466 e. The van der Waals surface area contributed by atoms with E-state index in [9.17, 15) is 19.8 Å². The number of nitrogens with one attached hydrogen (secondary N) is 1. The van der Waals surface area contributed by atoms with E-state index in [0.717, 1.165) is 44.9 Å². The van der Waals surface area contributed by atoms with E-state index in [0.29, 0.717) is 19.4 Å². The summed E-state index contributed by atoms with van der Waals surface area (Å²) in [6.07, 6.45) is 87.0. The number of carbonyl (C=O) groups excluding carboxylic acids is 2. The van der Waals surface area contributed by atoms with Gasteiger partial charge in [0.25, 0.3) is 0 Å². The Morgan fingerprint density at radius 2 is 0.595 bits per heavy atom. The Hall–Kier alpha value is -1.66. The number of amides is 1. The highest BCUT2D eigenvalue weighted by molar-refractivity contribution is 5.76. The molecule has 0 aliphatic carbocycles. The van der Waals surface area contributed by atoms with Crippen molar-refractivity contribution in [1.29, 1.82) is 0 Å². The maximum atomic E-state index is 12.5. The maximum absolute atomic E-state index is 12.5. The van der Waals surface area contributed by atoms with Gasteiger partial charge in [-0.1, -0.05) is 359 Å². The van der Waals surface area contributed by atoms with Crippen LogP contribution in [0.5, 0.6) is 0 Å². The maximum Gasteiger partial charge on any atom is 0.305 e. The van der Waals surface area contributed by atoms with Crippen molar-refractivity contribution < 1.29 is 24.5 Å². The standard InChI is InChI=1S/C73H141NO5/c1-3-5-7-9-11-13-15-17-18-38-42-45-49-53-57-61-65-71(76)70(69-75)74-72(77)66-62-58-54-50-46-43-39-36-34-32-30-28-26-24-22-20-19-21-23-25-27-29-31-33-35-37-40-44-48-52-56-60-64-68-79-73(78)67-63-59-55-51-47-41-16-14-12-10-8-6-4-2/h14,16,61,65,70-71,75-76H,3-13,15,17-60,62-64,66-69H2,1-2H3,(H,74,77)/b16-14-,65-61+. The average molecular weight is 1110 g/mol. The van der Waals surface area contributed by atoms with E-state index in [1.54, 1.807) is 6.08 Å². The molecule has 0 aliphatic heterocycles. The minimum atomic E-state index is -0.841. The van der Waals surface area contributed by atoms with Gasteiger partial charge >= 0.3 is 5.97 Å². The second-order valence-electron chi connectivity index (χ2n) is 24.9. The van der Waals surface area contributed by atoms with Crippen molar-refractivity contribution in [2.75, 3.05) is 13.2 Å². The van der Waals surface area contributed by atoms with Crippen molar-refractivity contribution in [2.45, 2.75) is 418 Å². The number of hydrogen-bond donors (Lipinski definition) is 3. The van der Waals surface area contributed by atoms with Gasteiger partial charge in [-0.05, 0) is 57.8 Å². The number of ether oxygens (including phenoxy) is 1. The molecule has 79 heavy (non-hydrogen) atoms. The lowest BCUT2D eigenvalue weighted by Gasteiger charge is -2.20. The summed E-state index contributed by atoms with van der Waals surface area (Å²) in [7, 11) is 0. The smallest absolute Gasteiger partial charge is 0.305 e. The van der Waals surface area contributed by atoms with Gasteiger partial charge in [0.15, 0.2) is 0 Å². The van der Waals surface area contributed by atoms with Crippen LogP contribution in [0.25, 0.3) is 0 Å². The van der Waals surface area contributed by atoms with E-state index in [-0.39, 0.29) is 18.5 Å². The fourth-order valence-corrected chi connectivity index (χ4v) is 11.5. The van der Waals surface area contributed by atoms with Crippen molar-refractivity contribution >= 4 is 11.9 Å². The number of allylic oxidation sites excluding steroid dienone is 3. The summed E-state index contributed by atoms with van der Waals surface area (Å²) in [5.41, 5.74) is 0. The van der Waals surface area contributed by atoms with Crippen molar-refractivity contribution in [3.63, 3.8) is 0 Å². The van der Waals surface area contributed by atoms with Crippen LogP contribution in [0.4, 0.5) is 0 Å². The number of carbonyl (C=O) groups is 2. The first kappa shape index (κ1) is 77.3. The lowest BCUT2D eigenvalue weighted by molar-refractivity contribution is -0.143. The van der Waals surface area contributed by atoms with Gasteiger partial charge in [0.2, 0.25) is 5.91 Å². The highest BCUT2D eigenvalue weighted by atomic mass is 16.5. The molecule has 0 radical (unpaired) electrons. The number of unbranched alkanes of at least 4 members (excludes halogenated alkanes) is 55. The molecule has 3 N–H and O–H groups in total. The first-order chi connectivity index (χ1) is 39.0. The zero-order chi connectivity index (χ0) is 57.1. The van der Waals surface area contributed by atoms with Gasteiger partial charge in [0, 0.05) is 12.8 Å². The van der Waals surface area contributed by atoms with Crippen LogP contribution in [0.1, 0.15) is 406 Å². The molecule has 0 fully saturated rings. The third-order valence-electron chi connectivity index (χ3n) is 17.0. The Morgan fingerprint density at radius 1 is 0.342 bits per heavy atom. The van der Waals surface area contributed by atoms with E-state index >= 15 is 0 Å². The zero-order valence-corrected chi connectivity index (χ0v) is 53.6. The second kappa shape index (κ2) is 68.8. The van der Waals surface area contributed by atoms with E-state index in [1.807, 2.05) is 6.08 Å². The summed E-state index contributed by atoms with van der Waals surface area (Å²) in [5, 5.41) is 23.2. The fourth-order valence-electron chi connectivity index (χ4n) is 11.5. The number of aliphatic hydroxyl groups is 2. The Morgan fingerprint density at radius 3 is 0.911 bits per heavy atom. The molecular formula is C73H141NO5. The summed E-state index contributed by atoms with van der Waals surface area (Å²) in [6.45, 7) is 4.92. The fraction of sp³-hybridized carbons (Fsp3) is 0.918. The van der Waals surface area contributed by atoms with E-state index in [2.05, 4.69) is 31.3 Å². The summed E-state index contributed by atoms with van der Waals surface area (Å²) in [5.74, 6) is -0.0475. The SMILES string of the molecule is CCCCCC/C=C\CCCCCCCC(=O)OCCCCCCCCCCCCCCCCCCCCCCCCCCCCCCCCCCCC(=O)NC(CO)C(O)/C=C/CCCCCCCCCCCCCCCC. The second-order valence-corrected chi connectivity index (χ2v) is 24.9. The Bertz CT molecular complexity index is 1230. The van der Waals surface area contributed by atoms with Crippen molar-refractivity contribution in [1.82, 2.24) is 5.32 Å². The Balaban J connectivity index is 3.33. The molecule has 468 valence electrons. The molecule has 0 aromatic heterocycles. The normalized spacial score (nSPS) is 12.6. The lowest BCUT2D eigenvalue weighted by atomic mass is 10.0. The van der Waals surface area contributed by atoms with Crippen LogP contribution in [-0.2, 0) is 14.3 Å². The quantitative estimate of drug-likeness (QED) is 0.0320. The zero-order valence-electron chi connectivity index (χ0n) is 53.6. The van der Waals surface area contributed by atoms with Gasteiger partial charge in [-0.15, -0.1) is 0 Å². The molecule has 0 rings (SSSR count). The van der Waals surface area contributed by atoms with Gasteiger partial charge in [0.1, 0.15) is 0 Å². The van der Waals surface area contributed by atoms with E-state index < -0.39 is 12.1 Å². The van der Waals surface area contributed by atoms with Crippen molar-refractivity contribution in [3.05, 3.63) is 24.3 Å². The van der Waals surface area contributed by atoms with Gasteiger partial charge in [-0.25, -0.2) is 0 Å². The third-order valence-corrected chi connectivity index (χ3v) is 17.0. The molecule has 0 heterocycles. The molecule has 6 nitrogen and oxygen atoms in total. The lowest BCUT2D eigenvalue weighted by Crippen LogP contribution is -2.45. The number of rotatable bonds is 68. The summed E-state index contributed by atoms with van der Waals surface area (Å²) >= 11 is 0. The topological polar surface area (TPSA) is 95.9 Å². The van der Waals surface area contributed by atoms with Crippen LogP contribution < -0.4 is 5.32 Å². The van der Waals surface area contributed by atoms with Gasteiger partial charge in [0.05, 0.1) is 25.4 Å². The van der Waals surface area contributed by atoms with Crippen molar-refractivity contribution in [2.24, 2.45) is 0 Å². The molecular weight excluding hydrogens is 971 g/mol. The predicted octanol–water partition coefficient (Wildman–Crippen LogP) is 23.3.